The first-order chi connectivity index (χ1) is 9.49. The maximum absolute atomic E-state index is 12.4. The molecule has 0 aromatic heterocycles. The topological polar surface area (TPSA) is 46.6 Å². The van der Waals surface area contributed by atoms with Crippen LogP contribution >= 0.6 is 0 Å². The summed E-state index contributed by atoms with van der Waals surface area (Å²) < 4.78 is 31.4. The molecule has 1 atom stereocenters. The summed E-state index contributed by atoms with van der Waals surface area (Å²) >= 11 is 0. The maximum atomic E-state index is 12.4. The molecule has 1 aromatic rings. The molecule has 4 nitrogen and oxygen atoms in total. The summed E-state index contributed by atoms with van der Waals surface area (Å²) in [4.78, 5) is 0. The second kappa shape index (κ2) is 6.24. The highest BCUT2D eigenvalue weighted by atomic mass is 32.2. The van der Waals surface area contributed by atoms with Crippen LogP contribution < -0.4 is 0 Å². The zero-order chi connectivity index (χ0) is 14.8. The summed E-state index contributed by atoms with van der Waals surface area (Å²) in [6.07, 6.45) is 1.59. The van der Waals surface area contributed by atoms with Crippen molar-refractivity contribution in [3.63, 3.8) is 0 Å². The van der Waals surface area contributed by atoms with Gasteiger partial charge in [0.25, 0.3) is 0 Å². The molecule has 0 saturated heterocycles. The fourth-order valence-corrected chi connectivity index (χ4v) is 4.51. The second-order valence-electron chi connectivity index (χ2n) is 5.30. The summed E-state index contributed by atoms with van der Waals surface area (Å²) in [5.74, 6) is 0.0567. The van der Waals surface area contributed by atoms with Gasteiger partial charge in [0.1, 0.15) is 0 Å². The van der Waals surface area contributed by atoms with Crippen molar-refractivity contribution in [3.8, 4) is 0 Å². The van der Waals surface area contributed by atoms with Crippen LogP contribution in [0.5, 0.6) is 0 Å². The molecule has 1 unspecified atom stereocenters. The van der Waals surface area contributed by atoms with Crippen LogP contribution in [0.4, 0.5) is 0 Å². The van der Waals surface area contributed by atoms with Crippen LogP contribution in [0.1, 0.15) is 36.1 Å². The lowest BCUT2D eigenvalue weighted by atomic mass is 9.91. The van der Waals surface area contributed by atoms with Crippen molar-refractivity contribution in [2.45, 2.75) is 32.7 Å². The Labute approximate surface area is 121 Å². The second-order valence-corrected chi connectivity index (χ2v) is 7.34. The minimum absolute atomic E-state index is 0.0405. The lowest BCUT2D eigenvalue weighted by Gasteiger charge is -2.36. The van der Waals surface area contributed by atoms with Crippen LogP contribution in [-0.2, 0) is 21.2 Å². The number of methoxy groups -OCH3 is 1. The van der Waals surface area contributed by atoms with Crippen LogP contribution in [0.25, 0.3) is 0 Å². The van der Waals surface area contributed by atoms with Gasteiger partial charge in [-0.05, 0) is 30.9 Å². The molecule has 20 heavy (non-hydrogen) atoms. The quantitative estimate of drug-likeness (QED) is 0.837. The fraction of sp³-hybridized carbons (Fsp3) is 0.600. The van der Waals surface area contributed by atoms with Crippen LogP contribution in [0, 0.1) is 6.92 Å². The van der Waals surface area contributed by atoms with Gasteiger partial charge < -0.3 is 4.74 Å². The van der Waals surface area contributed by atoms with Crippen LogP contribution in [-0.4, -0.2) is 38.7 Å². The zero-order valence-electron chi connectivity index (χ0n) is 12.4. The number of benzene rings is 1. The van der Waals surface area contributed by atoms with E-state index in [9.17, 15) is 8.42 Å². The zero-order valence-corrected chi connectivity index (χ0v) is 13.2. The summed E-state index contributed by atoms with van der Waals surface area (Å²) in [6, 6.07) is 6.28. The van der Waals surface area contributed by atoms with Gasteiger partial charge >= 0.3 is 0 Å². The Kier molecular flexibility index (Phi) is 4.83. The van der Waals surface area contributed by atoms with E-state index in [-0.39, 0.29) is 18.4 Å². The molecule has 0 saturated carbocycles. The van der Waals surface area contributed by atoms with E-state index in [0.29, 0.717) is 6.54 Å². The molecule has 1 heterocycles. The normalized spacial score (nSPS) is 19.9. The Morgan fingerprint density at radius 1 is 1.40 bits per heavy atom. The van der Waals surface area contributed by atoms with Crippen molar-refractivity contribution < 1.29 is 13.2 Å². The van der Waals surface area contributed by atoms with E-state index in [2.05, 4.69) is 25.1 Å². The molecule has 5 heteroatoms. The molecule has 1 aliphatic heterocycles. The largest absolute Gasteiger partial charge is 0.384 e. The summed E-state index contributed by atoms with van der Waals surface area (Å²) in [5, 5.41) is 0. The van der Waals surface area contributed by atoms with Crippen molar-refractivity contribution >= 4 is 10.0 Å². The van der Waals surface area contributed by atoms with Gasteiger partial charge in [-0.25, -0.2) is 8.42 Å². The Bertz CT molecular complexity index is 568. The molecule has 0 spiro atoms. The van der Waals surface area contributed by atoms with Crippen molar-refractivity contribution in [3.05, 3.63) is 34.9 Å². The van der Waals surface area contributed by atoms with E-state index in [1.54, 1.807) is 4.31 Å². The third-order valence-electron chi connectivity index (χ3n) is 3.90. The van der Waals surface area contributed by atoms with Crippen molar-refractivity contribution in [2.75, 3.05) is 26.0 Å². The number of hydrogen-bond donors (Lipinski definition) is 0. The minimum Gasteiger partial charge on any atom is -0.384 e. The Morgan fingerprint density at radius 3 is 2.80 bits per heavy atom. The van der Waals surface area contributed by atoms with Crippen LogP contribution in [0.2, 0.25) is 0 Å². The first kappa shape index (κ1) is 15.5. The van der Waals surface area contributed by atoms with E-state index in [4.69, 9.17) is 4.74 Å². The SMILES string of the molecule is CCC1c2ccc(C)cc2CCN1S(=O)(=O)CCOC. The van der Waals surface area contributed by atoms with Gasteiger partial charge in [0.2, 0.25) is 10.0 Å². The van der Waals surface area contributed by atoms with E-state index in [0.717, 1.165) is 18.4 Å². The van der Waals surface area contributed by atoms with Crippen LogP contribution in [0.3, 0.4) is 0 Å². The number of aryl methyl sites for hydroxylation is 1. The highest BCUT2D eigenvalue weighted by Crippen LogP contribution is 2.34. The molecule has 112 valence electrons. The average molecular weight is 297 g/mol. The third kappa shape index (κ3) is 3.05. The number of sulfonamides is 1. The minimum atomic E-state index is -3.25. The van der Waals surface area contributed by atoms with E-state index in [1.165, 1.54) is 18.2 Å². The number of rotatable bonds is 5. The lowest BCUT2D eigenvalue weighted by Crippen LogP contribution is -2.41. The molecule has 0 bridgehead atoms. The number of nitrogens with zero attached hydrogens (tertiary/aromatic N) is 1. The third-order valence-corrected chi connectivity index (χ3v) is 5.73. The fourth-order valence-electron chi connectivity index (χ4n) is 2.88. The van der Waals surface area contributed by atoms with Crippen molar-refractivity contribution in [1.82, 2.24) is 4.31 Å². The summed E-state index contributed by atoms with van der Waals surface area (Å²) in [7, 11) is -1.72. The van der Waals surface area contributed by atoms with Crippen LogP contribution in [0.15, 0.2) is 18.2 Å². The number of fused-ring (bicyclic) bond motifs is 1. The van der Waals surface area contributed by atoms with Crippen molar-refractivity contribution in [1.29, 1.82) is 0 Å². The van der Waals surface area contributed by atoms with Gasteiger partial charge in [-0.3, -0.25) is 0 Å². The number of hydrogen-bond acceptors (Lipinski definition) is 3. The molecule has 0 amide bonds. The summed E-state index contributed by atoms with van der Waals surface area (Å²) in [6.45, 7) is 4.93. The molecule has 2 rings (SSSR count). The highest BCUT2D eigenvalue weighted by molar-refractivity contribution is 7.89. The van der Waals surface area contributed by atoms with E-state index in [1.807, 2.05) is 6.92 Å². The molecule has 1 aliphatic rings. The van der Waals surface area contributed by atoms with Gasteiger partial charge in [-0.2, -0.15) is 4.31 Å². The molecule has 0 fully saturated rings. The van der Waals surface area contributed by atoms with E-state index < -0.39 is 10.0 Å². The van der Waals surface area contributed by atoms with Gasteiger partial charge in [0, 0.05) is 19.7 Å². The number of ether oxygens (including phenoxy) is 1. The average Bonchev–Trinajstić information content (AvgIpc) is 2.43. The first-order valence-corrected chi connectivity index (χ1v) is 8.68. The molecule has 0 N–H and O–H groups in total. The Balaban J connectivity index is 2.32. The molecule has 1 aromatic carbocycles. The highest BCUT2D eigenvalue weighted by Gasteiger charge is 2.33. The Hall–Kier alpha value is -0.910. The predicted octanol–water partition coefficient (Wildman–Crippen LogP) is 2.28. The Morgan fingerprint density at radius 2 is 2.15 bits per heavy atom. The van der Waals surface area contributed by atoms with Gasteiger partial charge in [0.15, 0.2) is 0 Å². The molecular formula is C15H23NO3S. The predicted molar refractivity (Wildman–Crippen MR) is 80.3 cm³/mol. The standard InChI is InChI=1S/C15H23NO3S/c1-4-15-14-6-5-12(2)11-13(14)7-8-16(15)20(17,18)10-9-19-3/h5-6,11,15H,4,7-10H2,1-3H3. The van der Waals surface area contributed by atoms with Crippen molar-refractivity contribution in [2.24, 2.45) is 0 Å². The van der Waals surface area contributed by atoms with Gasteiger partial charge in [-0.15, -0.1) is 0 Å². The maximum Gasteiger partial charge on any atom is 0.216 e. The first-order valence-electron chi connectivity index (χ1n) is 7.07. The van der Waals surface area contributed by atoms with E-state index >= 15 is 0 Å². The lowest BCUT2D eigenvalue weighted by molar-refractivity contribution is 0.213. The smallest absolute Gasteiger partial charge is 0.216 e. The monoisotopic (exact) mass is 297 g/mol. The van der Waals surface area contributed by atoms with Gasteiger partial charge in [-0.1, -0.05) is 30.7 Å². The summed E-state index contributed by atoms with van der Waals surface area (Å²) in [5.41, 5.74) is 3.68. The molecular weight excluding hydrogens is 274 g/mol. The van der Waals surface area contributed by atoms with Gasteiger partial charge in [0.05, 0.1) is 12.4 Å². The molecule has 0 aliphatic carbocycles. The molecule has 0 radical (unpaired) electrons.